The number of phenols is 1. The lowest BCUT2D eigenvalue weighted by Crippen LogP contribution is -1.80. The van der Waals surface area contributed by atoms with Gasteiger partial charge in [-0.3, -0.25) is 4.66 Å². The van der Waals surface area contributed by atoms with Crippen LogP contribution in [0, 0.1) is 0 Å². The zero-order valence-electron chi connectivity index (χ0n) is 5.99. The summed E-state index contributed by atoms with van der Waals surface area (Å²) in [5.74, 6) is 0.692. The van der Waals surface area contributed by atoms with Gasteiger partial charge in [0, 0.05) is 0 Å². The zero-order valence-corrected chi connectivity index (χ0v) is 6.75. The highest BCUT2D eigenvalue weighted by Gasteiger charge is 1.94. The largest absolute Gasteiger partial charge is 0.504 e. The number of phenolic OH excluding ortho intramolecular Hbond substituents is 1. The number of hydrogen-bond acceptors (Lipinski definition) is 3. The third-order valence-corrected chi connectivity index (χ3v) is 1.09. The maximum atomic E-state index is 8.99. The Labute approximate surface area is 70.0 Å². The molecule has 0 unspecified atom stereocenters. The van der Waals surface area contributed by atoms with Gasteiger partial charge in [0.05, 0.1) is 19.0 Å². The van der Waals surface area contributed by atoms with Gasteiger partial charge < -0.3 is 9.84 Å². The smallest absolute Gasteiger partial charge is 0.160 e. The summed E-state index contributed by atoms with van der Waals surface area (Å²) in [6.45, 7) is 0. The van der Waals surface area contributed by atoms with Crippen molar-refractivity contribution in [1.29, 1.82) is 0 Å². The number of benzene rings is 1. The van der Waals surface area contributed by atoms with Gasteiger partial charge in [-0.2, -0.15) is 0 Å². The topological polar surface area (TPSA) is 49.7 Å². The lowest BCUT2D eigenvalue weighted by atomic mass is 10.3. The van der Waals surface area contributed by atoms with Gasteiger partial charge in [-0.1, -0.05) is 12.1 Å². The average Bonchev–Trinajstić information content (AvgIpc) is 2.09. The Bertz CT molecular complexity index is 203. The molecule has 1 aromatic carbocycles. The van der Waals surface area contributed by atoms with E-state index in [-0.39, 0.29) is 5.75 Å². The molecule has 11 heavy (non-hydrogen) atoms. The van der Waals surface area contributed by atoms with Crippen LogP contribution in [0.1, 0.15) is 0 Å². The molecule has 0 aliphatic carbocycles. The normalized spacial score (nSPS) is 7.91. The lowest BCUT2D eigenvalue weighted by Gasteiger charge is -1.99. The van der Waals surface area contributed by atoms with E-state index in [4.69, 9.17) is 14.5 Å². The van der Waals surface area contributed by atoms with E-state index in [1.165, 1.54) is 7.11 Å². The summed E-state index contributed by atoms with van der Waals surface area (Å²) in [5.41, 5.74) is 0. The number of aromatic hydroxyl groups is 1. The highest BCUT2D eigenvalue weighted by molar-refractivity contribution is 6.04. The molecule has 0 atom stereocenters. The number of ether oxygens (including phenoxy) is 1. The number of halogens is 1. The van der Waals surface area contributed by atoms with E-state index in [1.54, 1.807) is 24.3 Å². The van der Waals surface area contributed by atoms with E-state index >= 15 is 0 Å². The minimum atomic E-state index is 0.181. The van der Waals surface area contributed by atoms with E-state index in [0.717, 1.165) is 0 Å². The van der Waals surface area contributed by atoms with E-state index in [2.05, 4.69) is 11.9 Å². The molecule has 0 aliphatic heterocycles. The quantitative estimate of drug-likeness (QED) is 0.683. The summed E-state index contributed by atoms with van der Waals surface area (Å²) < 4.78 is 11.3. The third-order valence-electron chi connectivity index (χ3n) is 1.09. The van der Waals surface area contributed by atoms with Crippen molar-refractivity contribution in [2.45, 2.75) is 0 Å². The SMILES string of the molecule is COc1ccccc1O.OCl. The minimum absolute atomic E-state index is 0.181. The average molecular weight is 177 g/mol. The summed E-state index contributed by atoms with van der Waals surface area (Å²) in [5, 5.41) is 8.99. The molecule has 0 aliphatic rings. The second-order valence-electron chi connectivity index (χ2n) is 1.67. The van der Waals surface area contributed by atoms with Crippen LogP contribution in [0.2, 0.25) is 0 Å². The van der Waals surface area contributed by atoms with Gasteiger partial charge in [0.1, 0.15) is 0 Å². The van der Waals surface area contributed by atoms with Crippen LogP contribution in [0.3, 0.4) is 0 Å². The fraction of sp³-hybridized carbons (Fsp3) is 0.143. The summed E-state index contributed by atoms with van der Waals surface area (Å²) in [6.07, 6.45) is 0. The molecule has 0 aromatic heterocycles. The lowest BCUT2D eigenvalue weighted by molar-refractivity contribution is 0.373. The molecule has 0 saturated carbocycles. The van der Waals surface area contributed by atoms with E-state index < -0.39 is 0 Å². The molecule has 4 heteroatoms. The minimum Gasteiger partial charge on any atom is -0.504 e. The molecular weight excluding hydrogens is 168 g/mol. The molecule has 0 fully saturated rings. The van der Waals surface area contributed by atoms with E-state index in [1.807, 2.05) is 0 Å². The van der Waals surface area contributed by atoms with Gasteiger partial charge in [0.2, 0.25) is 0 Å². The summed E-state index contributed by atoms with van der Waals surface area (Å²) in [6, 6.07) is 6.84. The molecular formula is C7H9ClO3. The van der Waals surface area contributed by atoms with Crippen molar-refractivity contribution in [1.82, 2.24) is 0 Å². The van der Waals surface area contributed by atoms with E-state index in [0.29, 0.717) is 5.75 Å². The van der Waals surface area contributed by atoms with E-state index in [9.17, 15) is 0 Å². The Morgan fingerprint density at radius 1 is 1.27 bits per heavy atom. The molecule has 62 valence electrons. The van der Waals surface area contributed by atoms with Crippen LogP contribution < -0.4 is 4.74 Å². The summed E-state index contributed by atoms with van der Waals surface area (Å²) >= 11 is 3.64. The Kier molecular flexibility index (Phi) is 5.33. The number of rotatable bonds is 1. The molecule has 0 saturated heterocycles. The highest BCUT2D eigenvalue weighted by Crippen LogP contribution is 2.22. The van der Waals surface area contributed by atoms with Crippen LogP contribution in [-0.2, 0) is 0 Å². The van der Waals surface area contributed by atoms with Crippen molar-refractivity contribution < 1.29 is 14.5 Å². The van der Waals surface area contributed by atoms with Crippen LogP contribution in [0.15, 0.2) is 24.3 Å². The Morgan fingerprint density at radius 3 is 2.18 bits per heavy atom. The van der Waals surface area contributed by atoms with Gasteiger partial charge in [0.15, 0.2) is 11.5 Å². The highest BCUT2D eigenvalue weighted by atomic mass is 35.5. The molecule has 0 amide bonds. The molecule has 2 N–H and O–H groups in total. The first-order valence-corrected chi connectivity index (χ1v) is 3.17. The maximum absolute atomic E-state index is 8.99. The zero-order chi connectivity index (χ0) is 8.69. The summed E-state index contributed by atoms with van der Waals surface area (Å²) in [4.78, 5) is 0. The second-order valence-corrected chi connectivity index (χ2v) is 1.67. The van der Waals surface area contributed by atoms with Crippen LogP contribution >= 0.6 is 11.9 Å². The molecule has 3 nitrogen and oxygen atoms in total. The van der Waals surface area contributed by atoms with Crippen LogP contribution in [-0.4, -0.2) is 16.9 Å². The van der Waals surface area contributed by atoms with Gasteiger partial charge in [0.25, 0.3) is 0 Å². The molecule has 0 spiro atoms. The molecule has 1 aromatic rings. The second kappa shape index (κ2) is 5.82. The van der Waals surface area contributed by atoms with Gasteiger partial charge in [-0.15, -0.1) is 0 Å². The maximum Gasteiger partial charge on any atom is 0.160 e. The van der Waals surface area contributed by atoms with Crippen molar-refractivity contribution >= 4 is 11.9 Å². The van der Waals surface area contributed by atoms with Gasteiger partial charge in [-0.25, -0.2) is 0 Å². The van der Waals surface area contributed by atoms with Gasteiger partial charge in [-0.05, 0) is 12.1 Å². The molecule has 1 rings (SSSR count). The predicted octanol–water partition coefficient (Wildman–Crippen LogP) is 1.53. The third kappa shape index (κ3) is 3.11. The fourth-order valence-electron chi connectivity index (χ4n) is 0.630. The Hall–Kier alpha value is -0.930. The first-order valence-electron chi connectivity index (χ1n) is 2.83. The predicted molar refractivity (Wildman–Crippen MR) is 42.7 cm³/mol. The molecule has 0 heterocycles. The van der Waals surface area contributed by atoms with Crippen molar-refractivity contribution in [3.63, 3.8) is 0 Å². The number of hydrogen-bond donors (Lipinski definition) is 2. The van der Waals surface area contributed by atoms with Crippen molar-refractivity contribution in [3.8, 4) is 11.5 Å². The number of para-hydroxylation sites is 2. The van der Waals surface area contributed by atoms with Crippen molar-refractivity contribution in [3.05, 3.63) is 24.3 Å². The Balaban J connectivity index is 0.000000461. The Morgan fingerprint density at radius 2 is 1.82 bits per heavy atom. The monoisotopic (exact) mass is 176 g/mol. The van der Waals surface area contributed by atoms with Crippen molar-refractivity contribution in [2.75, 3.05) is 7.11 Å². The number of methoxy groups -OCH3 is 1. The first-order chi connectivity index (χ1) is 5.34. The fourth-order valence-corrected chi connectivity index (χ4v) is 0.630. The molecule has 0 radical (unpaired) electrons. The standard InChI is InChI=1S/C7H8O2.ClHO/c1-9-7-5-3-2-4-6(7)8;1-2/h2-5,8H,1H3;2H. The van der Waals surface area contributed by atoms with Crippen LogP contribution in [0.25, 0.3) is 0 Å². The van der Waals surface area contributed by atoms with Crippen molar-refractivity contribution in [2.24, 2.45) is 0 Å². The van der Waals surface area contributed by atoms with Crippen LogP contribution in [0.5, 0.6) is 11.5 Å². The first kappa shape index (κ1) is 10.1. The van der Waals surface area contributed by atoms with Gasteiger partial charge >= 0.3 is 0 Å². The van der Waals surface area contributed by atoms with Crippen LogP contribution in [0.4, 0.5) is 0 Å². The molecule has 0 bridgehead atoms. The summed E-state index contributed by atoms with van der Waals surface area (Å²) in [7, 11) is 1.52.